The van der Waals surface area contributed by atoms with E-state index in [2.05, 4.69) is 5.32 Å². The summed E-state index contributed by atoms with van der Waals surface area (Å²) < 4.78 is 10.4. The average molecular weight is 380 g/mol. The van der Waals surface area contributed by atoms with Crippen molar-refractivity contribution in [1.29, 1.82) is 0 Å². The molecule has 0 saturated heterocycles. The van der Waals surface area contributed by atoms with Gasteiger partial charge in [0.2, 0.25) is 0 Å². The number of rotatable bonds is 8. The van der Waals surface area contributed by atoms with Crippen LogP contribution in [0.5, 0.6) is 0 Å². The van der Waals surface area contributed by atoms with Gasteiger partial charge in [-0.1, -0.05) is 30.3 Å². The molecule has 0 aliphatic heterocycles. The number of benzene rings is 1. The molecule has 0 aliphatic carbocycles. The molecule has 1 N–H and O–H groups in total. The smallest absolute Gasteiger partial charge is 0.408 e. The van der Waals surface area contributed by atoms with Gasteiger partial charge in [0, 0.05) is 13.5 Å². The van der Waals surface area contributed by atoms with Crippen LogP contribution >= 0.6 is 0 Å². The third kappa shape index (κ3) is 9.05. The van der Waals surface area contributed by atoms with Crippen molar-refractivity contribution in [2.75, 3.05) is 14.2 Å². The van der Waals surface area contributed by atoms with Crippen molar-refractivity contribution in [2.45, 2.75) is 51.9 Å². The van der Waals surface area contributed by atoms with Gasteiger partial charge in [-0.05, 0) is 32.8 Å². The first-order valence-corrected chi connectivity index (χ1v) is 8.63. The number of hydroxylamine groups is 2. The van der Waals surface area contributed by atoms with Gasteiger partial charge in [0.05, 0.1) is 7.11 Å². The summed E-state index contributed by atoms with van der Waals surface area (Å²) in [6.45, 7) is 5.29. The SMILES string of the molecule is CON(C)C(=O)C(CCC(=O)OCc1ccccc1)NC(=O)OC(C)(C)C. The largest absolute Gasteiger partial charge is 0.461 e. The van der Waals surface area contributed by atoms with Crippen molar-refractivity contribution in [1.82, 2.24) is 10.4 Å². The molecule has 8 heteroatoms. The Morgan fingerprint density at radius 3 is 2.33 bits per heavy atom. The fourth-order valence-corrected chi connectivity index (χ4v) is 2.09. The molecular weight excluding hydrogens is 352 g/mol. The summed E-state index contributed by atoms with van der Waals surface area (Å²) in [6, 6.07) is 8.28. The predicted molar refractivity (Wildman–Crippen MR) is 98.4 cm³/mol. The van der Waals surface area contributed by atoms with Crippen LogP contribution in [0.3, 0.4) is 0 Å². The molecule has 8 nitrogen and oxygen atoms in total. The first kappa shape index (κ1) is 22.4. The highest BCUT2D eigenvalue weighted by Crippen LogP contribution is 2.10. The van der Waals surface area contributed by atoms with Gasteiger partial charge in [-0.2, -0.15) is 0 Å². The second-order valence-electron chi connectivity index (χ2n) is 6.90. The molecule has 0 fully saturated rings. The molecule has 1 aromatic carbocycles. The molecule has 2 amide bonds. The van der Waals surface area contributed by atoms with Gasteiger partial charge < -0.3 is 14.8 Å². The lowest BCUT2D eigenvalue weighted by molar-refractivity contribution is -0.171. The summed E-state index contributed by atoms with van der Waals surface area (Å²) in [4.78, 5) is 41.2. The highest BCUT2D eigenvalue weighted by molar-refractivity contribution is 5.85. The van der Waals surface area contributed by atoms with Gasteiger partial charge in [-0.15, -0.1) is 0 Å². The first-order chi connectivity index (χ1) is 12.6. The van der Waals surface area contributed by atoms with Crippen LogP contribution in [0.2, 0.25) is 0 Å². The predicted octanol–water partition coefficient (Wildman–Crippen LogP) is 2.42. The van der Waals surface area contributed by atoms with Gasteiger partial charge in [-0.25, -0.2) is 9.86 Å². The lowest BCUT2D eigenvalue weighted by Crippen LogP contribution is -2.48. The molecule has 0 heterocycles. The van der Waals surface area contributed by atoms with Crippen LogP contribution in [0, 0.1) is 0 Å². The summed E-state index contributed by atoms with van der Waals surface area (Å²) in [5.41, 5.74) is 0.156. The molecule has 1 atom stereocenters. The molecule has 0 saturated carbocycles. The van der Waals surface area contributed by atoms with Crippen molar-refractivity contribution in [3.8, 4) is 0 Å². The van der Waals surface area contributed by atoms with Crippen LogP contribution in [0.4, 0.5) is 4.79 Å². The molecule has 0 radical (unpaired) electrons. The maximum Gasteiger partial charge on any atom is 0.408 e. The minimum atomic E-state index is -0.978. The minimum Gasteiger partial charge on any atom is -0.461 e. The Morgan fingerprint density at radius 2 is 1.78 bits per heavy atom. The zero-order valence-corrected chi connectivity index (χ0v) is 16.5. The third-order valence-corrected chi connectivity index (χ3v) is 3.45. The fraction of sp³-hybridized carbons (Fsp3) is 0.526. The summed E-state index contributed by atoms with van der Waals surface area (Å²) in [5.74, 6) is -0.970. The molecule has 0 bridgehead atoms. The minimum absolute atomic E-state index is 0.0450. The molecule has 150 valence electrons. The lowest BCUT2D eigenvalue weighted by Gasteiger charge is -2.25. The monoisotopic (exact) mass is 380 g/mol. The highest BCUT2D eigenvalue weighted by Gasteiger charge is 2.27. The fourth-order valence-electron chi connectivity index (χ4n) is 2.09. The molecule has 0 aromatic heterocycles. The van der Waals surface area contributed by atoms with E-state index < -0.39 is 29.6 Å². The molecule has 0 aliphatic rings. The van der Waals surface area contributed by atoms with Crippen molar-refractivity contribution >= 4 is 18.0 Å². The Balaban J connectivity index is 2.60. The topological polar surface area (TPSA) is 94.2 Å². The van der Waals surface area contributed by atoms with Crippen LogP contribution in [-0.2, 0) is 30.5 Å². The second kappa shape index (κ2) is 10.5. The number of esters is 1. The molecule has 0 spiro atoms. The Morgan fingerprint density at radius 1 is 1.15 bits per heavy atom. The Hall–Kier alpha value is -2.61. The average Bonchev–Trinajstić information content (AvgIpc) is 2.61. The molecule has 1 unspecified atom stereocenters. The Labute approximate surface area is 159 Å². The molecule has 27 heavy (non-hydrogen) atoms. The first-order valence-electron chi connectivity index (χ1n) is 8.63. The van der Waals surface area contributed by atoms with E-state index in [0.29, 0.717) is 0 Å². The highest BCUT2D eigenvalue weighted by atomic mass is 16.7. The zero-order chi connectivity index (χ0) is 20.4. The van der Waals surface area contributed by atoms with Crippen LogP contribution in [0.1, 0.15) is 39.2 Å². The number of carbonyl (C=O) groups excluding carboxylic acids is 3. The van der Waals surface area contributed by atoms with E-state index in [4.69, 9.17) is 14.3 Å². The second-order valence-corrected chi connectivity index (χ2v) is 6.90. The normalized spacial score (nSPS) is 12.0. The van der Waals surface area contributed by atoms with E-state index in [-0.39, 0.29) is 19.4 Å². The number of amides is 2. The van der Waals surface area contributed by atoms with Crippen LogP contribution in [-0.4, -0.2) is 48.8 Å². The number of ether oxygens (including phenoxy) is 2. The number of nitrogens with one attached hydrogen (secondary N) is 1. The van der Waals surface area contributed by atoms with E-state index in [0.717, 1.165) is 10.6 Å². The summed E-state index contributed by atoms with van der Waals surface area (Å²) in [7, 11) is 2.75. The lowest BCUT2D eigenvalue weighted by atomic mass is 10.1. The van der Waals surface area contributed by atoms with Crippen molar-refractivity contribution in [3.63, 3.8) is 0 Å². The number of nitrogens with zero attached hydrogens (tertiary/aromatic N) is 1. The molecular formula is C19H28N2O6. The number of hydrogen-bond donors (Lipinski definition) is 1. The van der Waals surface area contributed by atoms with Gasteiger partial charge in [-0.3, -0.25) is 14.4 Å². The zero-order valence-electron chi connectivity index (χ0n) is 16.5. The summed E-state index contributed by atoms with van der Waals surface area (Å²) in [5, 5.41) is 3.46. The Kier molecular flexibility index (Phi) is 8.74. The van der Waals surface area contributed by atoms with E-state index in [1.165, 1.54) is 14.2 Å². The van der Waals surface area contributed by atoms with Crippen LogP contribution in [0.15, 0.2) is 30.3 Å². The Bertz CT molecular complexity index is 627. The van der Waals surface area contributed by atoms with E-state index >= 15 is 0 Å². The van der Waals surface area contributed by atoms with Crippen molar-refractivity contribution in [3.05, 3.63) is 35.9 Å². The number of likely N-dealkylation sites (N-methyl/N-ethyl adjacent to an activating group) is 1. The standard InChI is InChI=1S/C19H28N2O6/c1-19(2,3)27-18(24)20-15(17(23)21(4)25-5)11-12-16(22)26-13-14-9-7-6-8-10-14/h6-10,15H,11-13H2,1-5H3,(H,20,24). The van der Waals surface area contributed by atoms with Gasteiger partial charge in [0.1, 0.15) is 18.2 Å². The van der Waals surface area contributed by atoms with E-state index in [9.17, 15) is 14.4 Å². The van der Waals surface area contributed by atoms with Gasteiger partial charge in [0.25, 0.3) is 5.91 Å². The third-order valence-electron chi connectivity index (χ3n) is 3.45. The maximum absolute atomic E-state index is 12.3. The van der Waals surface area contributed by atoms with E-state index in [1.54, 1.807) is 20.8 Å². The van der Waals surface area contributed by atoms with E-state index in [1.807, 2.05) is 30.3 Å². The maximum atomic E-state index is 12.3. The van der Waals surface area contributed by atoms with Crippen LogP contribution in [0.25, 0.3) is 0 Å². The van der Waals surface area contributed by atoms with Crippen molar-refractivity contribution in [2.24, 2.45) is 0 Å². The van der Waals surface area contributed by atoms with Gasteiger partial charge in [0.15, 0.2) is 0 Å². The van der Waals surface area contributed by atoms with Gasteiger partial charge >= 0.3 is 12.1 Å². The molecule has 1 rings (SSSR count). The molecule has 1 aromatic rings. The summed E-state index contributed by atoms with van der Waals surface area (Å²) in [6.07, 6.45) is -0.737. The number of hydrogen-bond acceptors (Lipinski definition) is 6. The number of alkyl carbamates (subject to hydrolysis) is 1. The number of carbonyl (C=O) groups is 3. The van der Waals surface area contributed by atoms with Crippen LogP contribution < -0.4 is 5.32 Å². The summed E-state index contributed by atoms with van der Waals surface area (Å²) >= 11 is 0. The van der Waals surface area contributed by atoms with Crippen molar-refractivity contribution < 1.29 is 28.7 Å². The quantitative estimate of drug-likeness (QED) is 0.550.